The molecule has 208 valence electrons. The molecule has 2 heterocycles. The van der Waals surface area contributed by atoms with Gasteiger partial charge in [-0.15, -0.1) is 0 Å². The summed E-state index contributed by atoms with van der Waals surface area (Å²) in [5.74, 6) is -4.14. The molecule has 40 heavy (non-hydrogen) atoms. The lowest BCUT2D eigenvalue weighted by Gasteiger charge is -2.44. The van der Waals surface area contributed by atoms with Crippen molar-refractivity contribution in [1.29, 1.82) is 0 Å². The number of nitrogens with one attached hydrogen (secondary N) is 2. The topological polar surface area (TPSA) is 119 Å². The molecule has 2 saturated heterocycles. The average Bonchev–Trinajstić information content (AvgIpc) is 2.97. The van der Waals surface area contributed by atoms with E-state index >= 15 is 0 Å². The molecular weight excluding hydrogens is 513 g/mol. The first-order valence-corrected chi connectivity index (χ1v) is 13.4. The Bertz CT molecular complexity index is 1370. The summed E-state index contributed by atoms with van der Waals surface area (Å²) in [6, 6.07) is 16.0. The highest BCUT2D eigenvalue weighted by atomic mass is 19.1. The summed E-state index contributed by atoms with van der Waals surface area (Å²) in [6.45, 7) is 3.41. The van der Waals surface area contributed by atoms with Crippen molar-refractivity contribution in [3.05, 3.63) is 94.8 Å². The van der Waals surface area contributed by atoms with E-state index in [1.807, 2.05) is 0 Å². The van der Waals surface area contributed by atoms with Gasteiger partial charge in [0, 0.05) is 61.6 Å². The molecule has 1 amide bonds. The van der Waals surface area contributed by atoms with Crippen LogP contribution in [0, 0.1) is 24.6 Å². The molecule has 3 aromatic carbocycles. The Morgan fingerprint density at radius 2 is 1.43 bits per heavy atom. The second-order valence-electron chi connectivity index (χ2n) is 10.5. The van der Waals surface area contributed by atoms with Crippen LogP contribution in [-0.2, 0) is 4.79 Å². The summed E-state index contributed by atoms with van der Waals surface area (Å²) in [4.78, 5) is 43.5. The molecule has 0 aliphatic carbocycles. The number of carbonyl (C=O) groups is 3. The number of aromatic hydroxyl groups is 2. The number of carbonyl (C=O) groups excluding carboxylic acids is 3. The quantitative estimate of drug-likeness (QED) is 0.352. The van der Waals surface area contributed by atoms with Crippen LogP contribution in [0.2, 0.25) is 0 Å². The van der Waals surface area contributed by atoms with Gasteiger partial charge < -0.3 is 25.7 Å². The maximum Gasteiger partial charge on any atom is 0.241 e. The molecular formula is C31H32FN3O5. The number of Topliss-reactive ketones (excluding diaryl/α,β-unsaturated/α-hetero) is 2. The molecule has 0 aromatic heterocycles. The molecule has 1 unspecified atom stereocenters. The molecule has 0 bridgehead atoms. The van der Waals surface area contributed by atoms with Gasteiger partial charge in [-0.1, -0.05) is 36.4 Å². The van der Waals surface area contributed by atoms with Crippen molar-refractivity contribution in [2.45, 2.75) is 18.9 Å². The van der Waals surface area contributed by atoms with Gasteiger partial charge in [0.1, 0.15) is 17.3 Å². The van der Waals surface area contributed by atoms with Gasteiger partial charge in [0.15, 0.2) is 11.6 Å². The van der Waals surface area contributed by atoms with E-state index in [4.69, 9.17) is 0 Å². The van der Waals surface area contributed by atoms with E-state index in [1.54, 1.807) is 48.2 Å². The van der Waals surface area contributed by atoms with E-state index < -0.39 is 29.6 Å². The van der Waals surface area contributed by atoms with Crippen LogP contribution >= 0.6 is 0 Å². The predicted octanol–water partition coefficient (Wildman–Crippen LogP) is 3.03. The van der Waals surface area contributed by atoms with Crippen molar-refractivity contribution in [1.82, 2.24) is 15.5 Å². The Kier molecular flexibility index (Phi) is 7.95. The zero-order valence-electron chi connectivity index (χ0n) is 22.1. The lowest BCUT2D eigenvalue weighted by atomic mass is 9.67. The van der Waals surface area contributed by atoms with Gasteiger partial charge in [0.2, 0.25) is 5.91 Å². The average molecular weight is 546 g/mol. The predicted molar refractivity (Wildman–Crippen MR) is 147 cm³/mol. The van der Waals surface area contributed by atoms with Gasteiger partial charge in [-0.25, -0.2) is 4.39 Å². The lowest BCUT2D eigenvalue weighted by molar-refractivity contribution is -0.136. The molecule has 0 saturated carbocycles. The molecule has 9 heteroatoms. The van der Waals surface area contributed by atoms with E-state index in [0.717, 1.165) is 6.54 Å². The number of benzene rings is 3. The minimum atomic E-state index is -0.900. The van der Waals surface area contributed by atoms with E-state index in [9.17, 15) is 29.0 Å². The Hall–Kier alpha value is -4.08. The minimum absolute atomic E-state index is 0.0238. The number of amides is 1. The number of rotatable bonds is 6. The first kappa shape index (κ1) is 27.5. The fraction of sp³-hybridized carbons (Fsp3) is 0.323. The number of ketones is 2. The number of hydrogen-bond donors (Lipinski definition) is 4. The maximum absolute atomic E-state index is 14.9. The summed E-state index contributed by atoms with van der Waals surface area (Å²) in [5, 5.41) is 26.6. The zero-order chi connectivity index (χ0) is 28.4. The smallest absolute Gasteiger partial charge is 0.241 e. The van der Waals surface area contributed by atoms with E-state index in [2.05, 4.69) is 10.6 Å². The summed E-state index contributed by atoms with van der Waals surface area (Å²) in [7, 11) is 0. The van der Waals surface area contributed by atoms with Crippen LogP contribution < -0.4 is 10.6 Å². The fourth-order valence-corrected chi connectivity index (χ4v) is 5.94. The third kappa shape index (κ3) is 5.48. The Labute approximate surface area is 231 Å². The van der Waals surface area contributed by atoms with Gasteiger partial charge >= 0.3 is 0 Å². The second kappa shape index (κ2) is 11.6. The maximum atomic E-state index is 14.9. The molecule has 3 atom stereocenters. The molecule has 0 radical (unpaired) electrons. The van der Waals surface area contributed by atoms with E-state index in [0.29, 0.717) is 24.2 Å². The molecule has 5 rings (SSSR count). The van der Waals surface area contributed by atoms with Gasteiger partial charge in [-0.2, -0.15) is 0 Å². The number of piperazine rings is 1. The number of piperidine rings is 1. The Morgan fingerprint density at radius 3 is 1.95 bits per heavy atom. The fourth-order valence-electron chi connectivity index (χ4n) is 5.94. The summed E-state index contributed by atoms with van der Waals surface area (Å²) < 4.78 is 14.9. The van der Waals surface area contributed by atoms with Crippen molar-refractivity contribution in [2.24, 2.45) is 11.8 Å². The standard InChI is InChI=1S/C31H32FN3O5/c1-18-23(9-4-10-26(18)32)28-24(29(38)19-5-2-7-21(36)13-19)16-35(31(40)27-15-33-11-12-34-27)17-25(28)30(39)20-6-3-8-22(37)14-20/h2-10,13-14,24-25,27-28,33-34,36-37H,11-12,15-17H2,1H3/t24-,25-,27?/m0/s1. The third-order valence-electron chi connectivity index (χ3n) is 7.96. The molecule has 2 aliphatic heterocycles. The van der Waals surface area contributed by atoms with E-state index in [-0.39, 0.29) is 53.2 Å². The Morgan fingerprint density at radius 1 is 0.850 bits per heavy atom. The monoisotopic (exact) mass is 545 g/mol. The number of phenolic OH excluding ortho intramolecular Hbond substituents is 2. The molecule has 4 N–H and O–H groups in total. The van der Waals surface area contributed by atoms with Crippen LogP contribution in [0.5, 0.6) is 11.5 Å². The van der Waals surface area contributed by atoms with Crippen molar-refractivity contribution in [3.8, 4) is 11.5 Å². The highest BCUT2D eigenvalue weighted by molar-refractivity contribution is 6.03. The van der Waals surface area contributed by atoms with Crippen molar-refractivity contribution in [2.75, 3.05) is 32.7 Å². The number of nitrogens with zero attached hydrogens (tertiary/aromatic N) is 1. The normalized spacial score (nSPS) is 21.6. The van der Waals surface area contributed by atoms with Crippen LogP contribution in [0.4, 0.5) is 4.39 Å². The van der Waals surface area contributed by atoms with Gasteiger partial charge in [0.25, 0.3) is 0 Å². The van der Waals surface area contributed by atoms with Crippen LogP contribution in [-0.4, -0.2) is 71.4 Å². The highest BCUT2D eigenvalue weighted by Crippen LogP contribution is 2.43. The van der Waals surface area contributed by atoms with E-state index in [1.165, 1.54) is 30.3 Å². The molecule has 2 aliphatic rings. The number of hydrogen-bond acceptors (Lipinski definition) is 7. The molecule has 0 spiro atoms. The highest BCUT2D eigenvalue weighted by Gasteiger charge is 2.47. The van der Waals surface area contributed by atoms with Crippen LogP contribution in [0.25, 0.3) is 0 Å². The first-order chi connectivity index (χ1) is 19.2. The van der Waals surface area contributed by atoms with Crippen LogP contribution in [0.1, 0.15) is 37.8 Å². The number of likely N-dealkylation sites (tertiary alicyclic amines) is 1. The SMILES string of the molecule is Cc1c(F)cccc1C1[C@@H](C(=O)c2cccc(O)c2)CN(C(=O)C2CNCCN2)C[C@@H]1C(=O)c1cccc(O)c1. The molecule has 2 fully saturated rings. The van der Waals surface area contributed by atoms with Gasteiger partial charge in [-0.05, 0) is 48.4 Å². The van der Waals surface area contributed by atoms with Crippen molar-refractivity contribution >= 4 is 17.5 Å². The second-order valence-corrected chi connectivity index (χ2v) is 10.5. The first-order valence-electron chi connectivity index (χ1n) is 13.4. The zero-order valence-corrected chi connectivity index (χ0v) is 22.1. The lowest BCUT2D eigenvalue weighted by Crippen LogP contribution is -2.60. The molecule has 3 aromatic rings. The summed E-state index contributed by atoms with van der Waals surface area (Å²) >= 11 is 0. The van der Waals surface area contributed by atoms with Gasteiger partial charge in [0.05, 0.1) is 6.04 Å². The Balaban J connectivity index is 1.64. The van der Waals surface area contributed by atoms with Crippen molar-refractivity contribution < 1.29 is 29.0 Å². The summed E-state index contributed by atoms with van der Waals surface area (Å²) in [6.07, 6.45) is 0. The third-order valence-corrected chi connectivity index (χ3v) is 7.96. The number of phenols is 2. The summed E-state index contributed by atoms with van der Waals surface area (Å²) in [5.41, 5.74) is 1.31. The largest absolute Gasteiger partial charge is 0.508 e. The van der Waals surface area contributed by atoms with Crippen molar-refractivity contribution in [3.63, 3.8) is 0 Å². The van der Waals surface area contributed by atoms with Crippen LogP contribution in [0.3, 0.4) is 0 Å². The van der Waals surface area contributed by atoms with Crippen LogP contribution in [0.15, 0.2) is 66.7 Å². The number of halogens is 1. The molecule has 8 nitrogen and oxygen atoms in total. The van der Waals surface area contributed by atoms with Gasteiger partial charge in [-0.3, -0.25) is 14.4 Å². The minimum Gasteiger partial charge on any atom is -0.508 e.